The summed E-state index contributed by atoms with van der Waals surface area (Å²) in [7, 11) is 0. The van der Waals surface area contributed by atoms with Crippen molar-refractivity contribution in [2.24, 2.45) is 0 Å². The second-order valence-electron chi connectivity index (χ2n) is 6.62. The number of rotatable bonds is 0. The Bertz CT molecular complexity index is 824. The molecule has 4 rings (SSSR count). The Balaban J connectivity index is 2.16. The molecule has 1 aliphatic carbocycles. The van der Waals surface area contributed by atoms with E-state index in [9.17, 15) is 9.59 Å². The summed E-state index contributed by atoms with van der Waals surface area (Å²) in [6, 6.07) is 5.70. The van der Waals surface area contributed by atoms with E-state index >= 15 is 0 Å². The molecular weight excluding hydrogens is 266 g/mol. The molecule has 0 N–H and O–H groups in total. The molecule has 4 heteroatoms. The van der Waals surface area contributed by atoms with Gasteiger partial charge in [0, 0.05) is 0 Å². The van der Waals surface area contributed by atoms with E-state index in [1.165, 1.54) is 6.42 Å². The molecule has 1 aliphatic heterocycles. The number of benzene rings is 1. The summed E-state index contributed by atoms with van der Waals surface area (Å²) >= 11 is 0. The Morgan fingerprint density at radius 2 is 1.95 bits per heavy atom. The molecule has 0 radical (unpaired) electrons. The third-order valence-corrected chi connectivity index (χ3v) is 5.35. The van der Waals surface area contributed by atoms with Crippen molar-refractivity contribution >= 4 is 10.9 Å². The van der Waals surface area contributed by atoms with Gasteiger partial charge in [-0.2, -0.15) is 0 Å². The zero-order valence-electron chi connectivity index (χ0n) is 12.2. The highest BCUT2D eigenvalue weighted by Crippen LogP contribution is 2.47. The summed E-state index contributed by atoms with van der Waals surface area (Å²) in [5.74, 6) is -0.109. The third kappa shape index (κ3) is 1.68. The lowest BCUT2D eigenvalue weighted by molar-refractivity contribution is 0.145. The molecule has 2 aliphatic rings. The van der Waals surface area contributed by atoms with Gasteiger partial charge in [0.2, 0.25) is 0 Å². The lowest BCUT2D eigenvalue weighted by Gasteiger charge is -2.44. The second kappa shape index (κ2) is 4.33. The van der Waals surface area contributed by atoms with Crippen LogP contribution in [-0.2, 0) is 5.54 Å². The molecule has 0 bridgehead atoms. The highest BCUT2D eigenvalue weighted by Gasteiger charge is 2.42. The van der Waals surface area contributed by atoms with E-state index in [0.29, 0.717) is 11.3 Å². The highest BCUT2D eigenvalue weighted by atomic mass is 16.4. The van der Waals surface area contributed by atoms with Crippen LogP contribution in [0.1, 0.15) is 56.9 Å². The summed E-state index contributed by atoms with van der Waals surface area (Å²) in [4.78, 5) is 24.5. The predicted molar refractivity (Wildman–Crippen MR) is 80.8 cm³/mol. The largest absolute Gasteiger partial charge is 0.422 e. The number of hydrogen-bond acceptors (Lipinski definition) is 3. The molecule has 1 unspecified atom stereocenters. The fourth-order valence-electron chi connectivity index (χ4n) is 4.48. The van der Waals surface area contributed by atoms with Gasteiger partial charge in [-0.1, -0.05) is 38.3 Å². The number of fused-ring (bicyclic) bond motifs is 1. The maximum absolute atomic E-state index is 12.4. The average molecular weight is 285 g/mol. The SMILES string of the molecule is CC1CC2(CCCCC2)n2c(=O)oc(=O)c3cccc1c32. The molecule has 0 amide bonds. The molecule has 1 fully saturated rings. The Labute approximate surface area is 122 Å². The van der Waals surface area contributed by atoms with E-state index in [1.807, 2.05) is 16.7 Å². The molecule has 4 nitrogen and oxygen atoms in total. The first-order valence-electron chi connectivity index (χ1n) is 7.82. The van der Waals surface area contributed by atoms with Gasteiger partial charge in [0.1, 0.15) is 0 Å². The quantitative estimate of drug-likeness (QED) is 0.747. The summed E-state index contributed by atoms with van der Waals surface area (Å²) in [6.45, 7) is 2.20. The monoisotopic (exact) mass is 285 g/mol. The van der Waals surface area contributed by atoms with E-state index in [4.69, 9.17) is 4.42 Å². The molecule has 1 atom stereocenters. The predicted octanol–water partition coefficient (Wildman–Crippen LogP) is 3.12. The minimum absolute atomic E-state index is 0.154. The smallest absolute Gasteiger partial charge is 0.372 e. The summed E-state index contributed by atoms with van der Waals surface area (Å²) < 4.78 is 6.83. The molecule has 0 saturated heterocycles. The van der Waals surface area contributed by atoms with Gasteiger partial charge in [-0.15, -0.1) is 0 Å². The van der Waals surface area contributed by atoms with E-state index < -0.39 is 11.4 Å². The van der Waals surface area contributed by atoms with Crippen LogP contribution in [0.2, 0.25) is 0 Å². The number of hydrogen-bond donors (Lipinski definition) is 0. The van der Waals surface area contributed by atoms with Crippen molar-refractivity contribution in [3.63, 3.8) is 0 Å². The second-order valence-corrected chi connectivity index (χ2v) is 6.62. The van der Waals surface area contributed by atoms with Gasteiger partial charge >= 0.3 is 11.4 Å². The number of para-hydroxylation sites is 1. The summed E-state index contributed by atoms with van der Waals surface area (Å²) in [5.41, 5.74) is 1.26. The topological polar surface area (TPSA) is 52.2 Å². The molecule has 21 heavy (non-hydrogen) atoms. The number of aromatic nitrogens is 1. The average Bonchev–Trinajstić information content (AvgIpc) is 2.47. The van der Waals surface area contributed by atoms with Gasteiger partial charge in [0.05, 0.1) is 16.4 Å². The summed E-state index contributed by atoms with van der Waals surface area (Å²) in [5, 5.41) is 0.545. The Hall–Kier alpha value is -1.84. The van der Waals surface area contributed by atoms with Crippen LogP contribution in [-0.4, -0.2) is 4.57 Å². The van der Waals surface area contributed by atoms with Crippen molar-refractivity contribution in [2.75, 3.05) is 0 Å². The van der Waals surface area contributed by atoms with Crippen LogP contribution >= 0.6 is 0 Å². The maximum atomic E-state index is 12.4. The van der Waals surface area contributed by atoms with E-state index in [-0.39, 0.29) is 5.54 Å². The molecule has 2 heterocycles. The van der Waals surface area contributed by atoms with Gasteiger partial charge in [0.15, 0.2) is 0 Å². The van der Waals surface area contributed by atoms with E-state index in [0.717, 1.165) is 43.2 Å². The van der Waals surface area contributed by atoms with Crippen molar-refractivity contribution in [3.8, 4) is 0 Å². The molecular formula is C17H19NO3. The minimum atomic E-state index is -0.506. The Morgan fingerprint density at radius 3 is 2.71 bits per heavy atom. The van der Waals surface area contributed by atoms with Crippen LogP contribution in [0.3, 0.4) is 0 Å². The molecule has 2 aromatic rings. The lowest BCUT2D eigenvalue weighted by Crippen LogP contribution is -2.47. The molecule has 1 saturated carbocycles. The van der Waals surface area contributed by atoms with Crippen molar-refractivity contribution in [3.05, 3.63) is 44.7 Å². The van der Waals surface area contributed by atoms with Gasteiger partial charge in [0.25, 0.3) is 0 Å². The minimum Gasteiger partial charge on any atom is -0.372 e. The van der Waals surface area contributed by atoms with Crippen LogP contribution in [0.15, 0.2) is 32.2 Å². The van der Waals surface area contributed by atoms with Gasteiger partial charge in [-0.05, 0) is 36.8 Å². The van der Waals surface area contributed by atoms with Crippen molar-refractivity contribution in [1.82, 2.24) is 4.57 Å². The van der Waals surface area contributed by atoms with Crippen molar-refractivity contribution < 1.29 is 4.42 Å². The first-order chi connectivity index (χ1) is 10.1. The Morgan fingerprint density at radius 1 is 1.19 bits per heavy atom. The van der Waals surface area contributed by atoms with Crippen molar-refractivity contribution in [2.45, 2.75) is 56.9 Å². The Kier molecular flexibility index (Phi) is 2.65. The standard InChI is InChI=1S/C17H19NO3/c1-11-10-17(8-3-2-4-9-17)18-14-12(11)6-5-7-13(14)15(19)21-16(18)20/h5-7,11H,2-4,8-10H2,1H3. The lowest BCUT2D eigenvalue weighted by atomic mass is 9.72. The number of nitrogens with zero attached hydrogens (tertiary/aromatic N) is 1. The fraction of sp³-hybridized carbons (Fsp3) is 0.529. The van der Waals surface area contributed by atoms with E-state index in [2.05, 4.69) is 6.92 Å². The molecule has 1 aromatic heterocycles. The maximum Gasteiger partial charge on any atom is 0.422 e. The zero-order chi connectivity index (χ0) is 14.6. The summed E-state index contributed by atoms with van der Waals surface area (Å²) in [6.07, 6.45) is 6.49. The van der Waals surface area contributed by atoms with Gasteiger partial charge in [-0.3, -0.25) is 4.57 Å². The van der Waals surface area contributed by atoms with E-state index in [1.54, 1.807) is 6.07 Å². The first-order valence-corrected chi connectivity index (χ1v) is 7.82. The van der Waals surface area contributed by atoms with Gasteiger partial charge < -0.3 is 4.42 Å². The molecule has 1 aromatic carbocycles. The van der Waals surface area contributed by atoms with Crippen molar-refractivity contribution in [1.29, 1.82) is 0 Å². The van der Waals surface area contributed by atoms with Crippen LogP contribution in [0.25, 0.3) is 10.9 Å². The van der Waals surface area contributed by atoms with Gasteiger partial charge in [-0.25, -0.2) is 9.59 Å². The first kappa shape index (κ1) is 12.9. The third-order valence-electron chi connectivity index (χ3n) is 5.35. The van der Waals surface area contributed by atoms with Crippen LogP contribution in [0.5, 0.6) is 0 Å². The van der Waals surface area contributed by atoms with Crippen LogP contribution < -0.4 is 11.4 Å². The molecule has 1 spiro atoms. The fourth-order valence-corrected chi connectivity index (χ4v) is 4.48. The zero-order valence-corrected chi connectivity index (χ0v) is 12.2. The van der Waals surface area contributed by atoms with Crippen LogP contribution in [0, 0.1) is 0 Å². The highest BCUT2D eigenvalue weighted by molar-refractivity contribution is 5.82. The van der Waals surface area contributed by atoms with Crippen LogP contribution in [0.4, 0.5) is 0 Å². The molecule has 110 valence electrons. The normalized spacial score (nSPS) is 23.6.